The number of rotatable bonds is 5. The van der Waals surface area contributed by atoms with Crippen molar-refractivity contribution in [2.75, 3.05) is 26.2 Å². The molecule has 1 saturated heterocycles. The van der Waals surface area contributed by atoms with Crippen molar-refractivity contribution in [3.63, 3.8) is 0 Å². The Morgan fingerprint density at radius 1 is 0.931 bits per heavy atom. The average Bonchev–Trinajstić information content (AvgIpc) is 3.15. The van der Waals surface area contributed by atoms with E-state index in [4.69, 9.17) is 11.6 Å². The van der Waals surface area contributed by atoms with E-state index in [2.05, 4.69) is 4.57 Å². The molecular formula is C21H22ClN3O3S. The van der Waals surface area contributed by atoms with Gasteiger partial charge in [0.15, 0.2) is 0 Å². The number of aryl methyl sites for hydroxylation is 1. The predicted molar refractivity (Wildman–Crippen MR) is 113 cm³/mol. The summed E-state index contributed by atoms with van der Waals surface area (Å²) in [4.78, 5) is 14.6. The van der Waals surface area contributed by atoms with Gasteiger partial charge in [0, 0.05) is 55.9 Å². The van der Waals surface area contributed by atoms with Crippen LogP contribution in [0.25, 0.3) is 10.9 Å². The number of carbonyl (C=O) groups is 1. The first kappa shape index (κ1) is 19.9. The molecule has 0 atom stereocenters. The first-order valence-corrected chi connectivity index (χ1v) is 11.3. The monoisotopic (exact) mass is 431 g/mol. The zero-order valence-corrected chi connectivity index (χ0v) is 17.4. The second-order valence-electron chi connectivity index (χ2n) is 7.06. The molecule has 6 nitrogen and oxygen atoms in total. The van der Waals surface area contributed by atoms with E-state index >= 15 is 0 Å². The fourth-order valence-corrected chi connectivity index (χ4v) is 5.19. The number of hydrogen-bond acceptors (Lipinski definition) is 3. The van der Waals surface area contributed by atoms with Gasteiger partial charge in [0.2, 0.25) is 15.9 Å². The molecule has 1 fully saturated rings. The number of piperazine rings is 1. The van der Waals surface area contributed by atoms with Gasteiger partial charge in [0.05, 0.1) is 4.90 Å². The highest BCUT2D eigenvalue weighted by Crippen LogP contribution is 2.20. The second kappa shape index (κ2) is 8.18. The van der Waals surface area contributed by atoms with E-state index in [0.29, 0.717) is 44.2 Å². The molecule has 0 aliphatic carbocycles. The maximum atomic E-state index is 12.8. The number of sulfonamides is 1. The molecule has 0 unspecified atom stereocenters. The Hall–Kier alpha value is -2.35. The Bertz CT molecular complexity index is 1120. The van der Waals surface area contributed by atoms with Crippen molar-refractivity contribution in [2.24, 2.45) is 0 Å². The number of amides is 1. The number of halogens is 1. The van der Waals surface area contributed by atoms with Gasteiger partial charge in [0.1, 0.15) is 0 Å². The van der Waals surface area contributed by atoms with E-state index in [0.717, 1.165) is 10.9 Å². The summed E-state index contributed by atoms with van der Waals surface area (Å²) in [7, 11) is -3.57. The standard InChI is InChI=1S/C21H22ClN3O3S/c22-18-5-7-19(8-6-18)29(27,28)25-15-13-24(14-16-25)21(26)10-12-23-11-9-17-3-1-2-4-20(17)23/h1-9,11H,10,12-16H2. The van der Waals surface area contributed by atoms with E-state index in [-0.39, 0.29) is 10.8 Å². The van der Waals surface area contributed by atoms with Crippen molar-refractivity contribution in [2.45, 2.75) is 17.9 Å². The fraction of sp³-hybridized carbons (Fsp3) is 0.286. The van der Waals surface area contributed by atoms with Crippen molar-refractivity contribution in [3.05, 3.63) is 65.8 Å². The molecular weight excluding hydrogens is 410 g/mol. The Balaban J connectivity index is 1.34. The third kappa shape index (κ3) is 4.17. The summed E-state index contributed by atoms with van der Waals surface area (Å²) < 4.78 is 29.0. The molecule has 2 heterocycles. The Morgan fingerprint density at radius 2 is 1.62 bits per heavy atom. The number of hydrogen-bond donors (Lipinski definition) is 0. The molecule has 3 aromatic rings. The average molecular weight is 432 g/mol. The lowest BCUT2D eigenvalue weighted by atomic mass is 10.2. The van der Waals surface area contributed by atoms with Gasteiger partial charge in [-0.15, -0.1) is 0 Å². The van der Waals surface area contributed by atoms with Crippen LogP contribution in [0.2, 0.25) is 5.02 Å². The topological polar surface area (TPSA) is 62.6 Å². The SMILES string of the molecule is O=C(CCn1ccc2ccccc21)N1CCN(S(=O)(=O)c2ccc(Cl)cc2)CC1. The molecule has 4 rings (SSSR count). The second-order valence-corrected chi connectivity index (χ2v) is 9.43. The van der Waals surface area contributed by atoms with E-state index < -0.39 is 10.0 Å². The molecule has 1 amide bonds. The van der Waals surface area contributed by atoms with Crippen LogP contribution in [0.5, 0.6) is 0 Å². The van der Waals surface area contributed by atoms with Gasteiger partial charge < -0.3 is 9.47 Å². The molecule has 1 aliphatic rings. The lowest BCUT2D eigenvalue weighted by molar-refractivity contribution is -0.132. The summed E-state index contributed by atoms with van der Waals surface area (Å²) in [5, 5.41) is 1.65. The van der Waals surface area contributed by atoms with Crippen molar-refractivity contribution >= 4 is 38.4 Å². The number of aromatic nitrogens is 1. The number of fused-ring (bicyclic) bond motifs is 1. The summed E-state index contributed by atoms with van der Waals surface area (Å²) in [5.74, 6) is 0.0475. The summed E-state index contributed by atoms with van der Waals surface area (Å²) in [5.41, 5.74) is 1.11. The molecule has 0 radical (unpaired) electrons. The summed E-state index contributed by atoms with van der Waals surface area (Å²) in [6.45, 7) is 2.00. The highest BCUT2D eigenvalue weighted by atomic mass is 35.5. The smallest absolute Gasteiger partial charge is 0.243 e. The molecule has 29 heavy (non-hydrogen) atoms. The molecule has 152 valence electrons. The normalized spacial score (nSPS) is 15.7. The van der Waals surface area contributed by atoms with Gasteiger partial charge in [-0.2, -0.15) is 4.31 Å². The molecule has 1 aromatic heterocycles. The van der Waals surface area contributed by atoms with Gasteiger partial charge in [-0.1, -0.05) is 29.8 Å². The summed E-state index contributed by atoms with van der Waals surface area (Å²) in [6, 6.07) is 16.3. The molecule has 2 aromatic carbocycles. The van der Waals surface area contributed by atoms with Crippen LogP contribution < -0.4 is 0 Å². The Labute approximate surface area is 175 Å². The lowest BCUT2D eigenvalue weighted by Gasteiger charge is -2.34. The third-order valence-electron chi connectivity index (χ3n) is 5.29. The summed E-state index contributed by atoms with van der Waals surface area (Å²) >= 11 is 5.85. The van der Waals surface area contributed by atoms with E-state index in [1.807, 2.05) is 36.5 Å². The molecule has 0 spiro atoms. The Kier molecular flexibility index (Phi) is 5.63. The predicted octanol–water partition coefficient (Wildman–Crippen LogP) is 3.22. The van der Waals surface area contributed by atoms with Crippen LogP contribution in [0.15, 0.2) is 65.7 Å². The largest absolute Gasteiger partial charge is 0.347 e. The van der Waals surface area contributed by atoms with Gasteiger partial charge in [-0.05, 0) is 41.8 Å². The quantitative estimate of drug-likeness (QED) is 0.623. The molecule has 1 aliphatic heterocycles. The van der Waals surface area contributed by atoms with Crippen molar-refractivity contribution in [3.8, 4) is 0 Å². The van der Waals surface area contributed by atoms with Crippen LogP contribution in [-0.4, -0.2) is 54.3 Å². The van der Waals surface area contributed by atoms with Crippen molar-refractivity contribution < 1.29 is 13.2 Å². The van der Waals surface area contributed by atoms with Crippen LogP contribution >= 0.6 is 11.6 Å². The van der Waals surface area contributed by atoms with Gasteiger partial charge in [0.25, 0.3) is 0 Å². The van der Waals surface area contributed by atoms with Crippen LogP contribution in [-0.2, 0) is 21.4 Å². The highest BCUT2D eigenvalue weighted by molar-refractivity contribution is 7.89. The van der Waals surface area contributed by atoms with Gasteiger partial charge in [-0.25, -0.2) is 8.42 Å². The number of nitrogens with zero attached hydrogens (tertiary/aromatic N) is 3. The fourth-order valence-electron chi connectivity index (χ4n) is 3.64. The lowest BCUT2D eigenvalue weighted by Crippen LogP contribution is -2.50. The third-order valence-corrected chi connectivity index (χ3v) is 7.45. The molecule has 0 bridgehead atoms. The van der Waals surface area contributed by atoms with Crippen molar-refractivity contribution in [1.82, 2.24) is 13.8 Å². The first-order chi connectivity index (χ1) is 13.9. The minimum absolute atomic E-state index is 0.0475. The van der Waals surface area contributed by atoms with Crippen LogP contribution in [0.4, 0.5) is 0 Å². The molecule has 0 N–H and O–H groups in total. The van der Waals surface area contributed by atoms with Gasteiger partial charge >= 0.3 is 0 Å². The maximum Gasteiger partial charge on any atom is 0.243 e. The number of carbonyl (C=O) groups excluding carboxylic acids is 1. The van der Waals surface area contributed by atoms with E-state index in [9.17, 15) is 13.2 Å². The van der Waals surface area contributed by atoms with Gasteiger partial charge in [-0.3, -0.25) is 4.79 Å². The number of para-hydroxylation sites is 1. The minimum atomic E-state index is -3.57. The minimum Gasteiger partial charge on any atom is -0.347 e. The van der Waals surface area contributed by atoms with E-state index in [1.54, 1.807) is 17.0 Å². The Morgan fingerprint density at radius 3 is 2.34 bits per heavy atom. The van der Waals surface area contributed by atoms with Crippen LogP contribution in [0, 0.1) is 0 Å². The zero-order valence-electron chi connectivity index (χ0n) is 15.9. The number of benzene rings is 2. The van der Waals surface area contributed by atoms with E-state index in [1.165, 1.54) is 16.4 Å². The first-order valence-electron chi connectivity index (χ1n) is 9.52. The van der Waals surface area contributed by atoms with Crippen molar-refractivity contribution in [1.29, 1.82) is 0 Å². The molecule has 8 heteroatoms. The zero-order chi connectivity index (χ0) is 20.4. The maximum absolute atomic E-state index is 12.8. The van der Waals surface area contributed by atoms with Crippen LogP contribution in [0.3, 0.4) is 0 Å². The highest BCUT2D eigenvalue weighted by Gasteiger charge is 2.29. The molecule has 0 saturated carbocycles. The van der Waals surface area contributed by atoms with Crippen LogP contribution in [0.1, 0.15) is 6.42 Å². The summed E-state index contributed by atoms with van der Waals surface area (Å²) in [6.07, 6.45) is 2.39.